The van der Waals surface area contributed by atoms with Crippen molar-refractivity contribution in [2.24, 2.45) is 0 Å². The summed E-state index contributed by atoms with van der Waals surface area (Å²) in [5.41, 5.74) is -0.165. The van der Waals surface area contributed by atoms with Crippen LogP contribution in [0.3, 0.4) is 0 Å². The fraction of sp³-hybridized carbons (Fsp3) is 0.300. The van der Waals surface area contributed by atoms with E-state index in [0.29, 0.717) is 22.9 Å². The zero-order chi connectivity index (χ0) is 19.4. The molecule has 2 aromatic rings. The molecule has 142 valence electrons. The van der Waals surface area contributed by atoms with Gasteiger partial charge in [-0.3, -0.25) is 9.69 Å². The normalized spacial score (nSPS) is 19.1. The van der Waals surface area contributed by atoms with Crippen LogP contribution in [-0.2, 0) is 11.2 Å². The molecule has 1 atom stereocenters. The number of hydrogen-bond donors (Lipinski definition) is 1. The Balaban J connectivity index is 1.64. The largest absolute Gasteiger partial charge is 0.496 e. The molecule has 7 heteroatoms. The van der Waals surface area contributed by atoms with E-state index in [1.165, 1.54) is 4.90 Å². The topological polar surface area (TPSA) is 67.9 Å². The number of imide groups is 1. The van der Waals surface area contributed by atoms with Crippen molar-refractivity contribution in [1.82, 2.24) is 10.2 Å². The zero-order valence-electron chi connectivity index (χ0n) is 15.2. The number of carbonyl (C=O) groups excluding carboxylic acids is 2. The molecule has 0 radical (unpaired) electrons. The molecule has 0 aromatic heterocycles. The number of hydrogen-bond acceptors (Lipinski definition) is 4. The molecule has 0 aliphatic carbocycles. The molecule has 1 aliphatic heterocycles. The summed E-state index contributed by atoms with van der Waals surface area (Å²) in [4.78, 5) is 26.4. The average molecular weight is 389 g/mol. The van der Waals surface area contributed by atoms with Gasteiger partial charge in [-0.1, -0.05) is 29.8 Å². The van der Waals surface area contributed by atoms with Crippen molar-refractivity contribution < 1.29 is 19.1 Å². The number of nitrogens with one attached hydrogen (secondary N) is 1. The smallest absolute Gasteiger partial charge is 0.325 e. The third-order valence-corrected chi connectivity index (χ3v) is 4.73. The van der Waals surface area contributed by atoms with Gasteiger partial charge in [0.2, 0.25) is 0 Å². The van der Waals surface area contributed by atoms with Crippen LogP contribution < -0.4 is 14.8 Å². The predicted octanol–water partition coefficient (Wildman–Crippen LogP) is 3.28. The van der Waals surface area contributed by atoms with Crippen molar-refractivity contribution in [1.29, 1.82) is 0 Å². The van der Waals surface area contributed by atoms with Crippen molar-refractivity contribution in [2.45, 2.75) is 18.9 Å². The van der Waals surface area contributed by atoms with Crippen molar-refractivity contribution >= 4 is 23.5 Å². The van der Waals surface area contributed by atoms with E-state index in [2.05, 4.69) is 5.32 Å². The van der Waals surface area contributed by atoms with E-state index in [1.54, 1.807) is 38.3 Å². The zero-order valence-corrected chi connectivity index (χ0v) is 16.0. The second kappa shape index (κ2) is 7.88. The van der Waals surface area contributed by atoms with Gasteiger partial charge in [-0.2, -0.15) is 0 Å². The van der Waals surface area contributed by atoms with Crippen molar-refractivity contribution in [3.63, 3.8) is 0 Å². The lowest BCUT2D eigenvalue weighted by Gasteiger charge is -2.23. The van der Waals surface area contributed by atoms with Crippen LogP contribution >= 0.6 is 11.6 Å². The van der Waals surface area contributed by atoms with Gasteiger partial charge in [-0.25, -0.2) is 4.79 Å². The molecule has 1 heterocycles. The van der Waals surface area contributed by atoms with Crippen LogP contribution in [0.15, 0.2) is 48.5 Å². The van der Waals surface area contributed by atoms with Crippen molar-refractivity contribution in [3.8, 4) is 11.5 Å². The van der Waals surface area contributed by atoms with E-state index in [1.807, 2.05) is 24.3 Å². The molecular formula is C20H21ClN2O4. The SMILES string of the molecule is COc1ccccc1C[C@]1(C)NC(=O)N(CCOc2ccc(Cl)cc2)C1=O. The molecule has 1 aliphatic rings. The molecule has 3 rings (SSSR count). The Hall–Kier alpha value is -2.73. The van der Waals surface area contributed by atoms with E-state index >= 15 is 0 Å². The van der Waals surface area contributed by atoms with E-state index in [0.717, 1.165) is 5.56 Å². The Morgan fingerprint density at radius 1 is 1.11 bits per heavy atom. The molecule has 0 spiro atoms. The summed E-state index contributed by atoms with van der Waals surface area (Å²) in [5.74, 6) is 1.03. The van der Waals surface area contributed by atoms with Crippen molar-refractivity contribution in [2.75, 3.05) is 20.3 Å². The molecule has 1 saturated heterocycles. The Morgan fingerprint density at radius 2 is 1.81 bits per heavy atom. The summed E-state index contributed by atoms with van der Waals surface area (Å²) in [6.45, 7) is 2.08. The standard InChI is InChI=1S/C20H21ClN2O4/c1-20(13-14-5-3-4-6-17(14)26-2)18(24)23(19(25)22-20)11-12-27-16-9-7-15(21)8-10-16/h3-10H,11-13H2,1-2H3,(H,22,25)/t20-/m0/s1. The number of halogens is 1. The monoisotopic (exact) mass is 388 g/mol. The maximum Gasteiger partial charge on any atom is 0.325 e. The van der Waals surface area contributed by atoms with Crippen LogP contribution in [0, 0.1) is 0 Å². The first-order chi connectivity index (χ1) is 12.9. The highest BCUT2D eigenvalue weighted by Gasteiger charge is 2.47. The van der Waals surface area contributed by atoms with Crippen molar-refractivity contribution in [3.05, 3.63) is 59.1 Å². The van der Waals surface area contributed by atoms with Gasteiger partial charge in [-0.05, 0) is 42.8 Å². The fourth-order valence-corrected chi connectivity index (χ4v) is 3.21. The van der Waals surface area contributed by atoms with Gasteiger partial charge in [0, 0.05) is 11.4 Å². The lowest BCUT2D eigenvalue weighted by atomic mass is 9.92. The summed E-state index contributed by atoms with van der Waals surface area (Å²) in [6.07, 6.45) is 0.343. The number of para-hydroxylation sites is 1. The molecule has 0 unspecified atom stereocenters. The summed E-state index contributed by atoms with van der Waals surface area (Å²) < 4.78 is 10.9. The van der Waals surface area contributed by atoms with Crippen LogP contribution in [0.4, 0.5) is 4.79 Å². The molecular weight excluding hydrogens is 368 g/mol. The van der Waals surface area contributed by atoms with Crippen LogP contribution in [0.1, 0.15) is 12.5 Å². The summed E-state index contributed by atoms with van der Waals surface area (Å²) in [5, 5.41) is 3.41. The molecule has 0 saturated carbocycles. The second-order valence-electron chi connectivity index (χ2n) is 6.51. The Bertz CT molecular complexity index is 840. The Kier molecular flexibility index (Phi) is 5.56. The van der Waals surface area contributed by atoms with Crippen LogP contribution in [-0.4, -0.2) is 42.6 Å². The summed E-state index contributed by atoms with van der Waals surface area (Å²) in [7, 11) is 1.58. The third kappa shape index (κ3) is 4.17. The summed E-state index contributed by atoms with van der Waals surface area (Å²) >= 11 is 5.84. The lowest BCUT2D eigenvalue weighted by molar-refractivity contribution is -0.131. The minimum Gasteiger partial charge on any atom is -0.496 e. The minimum absolute atomic E-state index is 0.162. The predicted molar refractivity (Wildman–Crippen MR) is 102 cm³/mol. The average Bonchev–Trinajstić information content (AvgIpc) is 2.86. The molecule has 1 fully saturated rings. The Labute approximate surface area is 163 Å². The molecule has 6 nitrogen and oxygen atoms in total. The molecule has 27 heavy (non-hydrogen) atoms. The highest BCUT2D eigenvalue weighted by atomic mass is 35.5. The van der Waals surface area contributed by atoms with Crippen LogP contribution in [0.2, 0.25) is 5.02 Å². The van der Waals surface area contributed by atoms with Gasteiger partial charge < -0.3 is 14.8 Å². The maximum atomic E-state index is 12.9. The van der Waals surface area contributed by atoms with Gasteiger partial charge in [0.1, 0.15) is 23.6 Å². The maximum absolute atomic E-state index is 12.9. The molecule has 2 aromatic carbocycles. The van der Waals surface area contributed by atoms with E-state index in [-0.39, 0.29) is 19.1 Å². The number of ether oxygens (including phenoxy) is 2. The van der Waals surface area contributed by atoms with Crippen LogP contribution in [0.5, 0.6) is 11.5 Å². The first-order valence-corrected chi connectivity index (χ1v) is 8.95. The first kappa shape index (κ1) is 19.0. The number of nitrogens with zero attached hydrogens (tertiary/aromatic N) is 1. The van der Waals surface area contributed by atoms with E-state index in [9.17, 15) is 9.59 Å². The molecule has 1 N–H and O–H groups in total. The number of carbonyl (C=O) groups is 2. The Morgan fingerprint density at radius 3 is 2.52 bits per heavy atom. The highest BCUT2D eigenvalue weighted by Crippen LogP contribution is 2.27. The third-order valence-electron chi connectivity index (χ3n) is 4.48. The van der Waals surface area contributed by atoms with Gasteiger partial charge >= 0.3 is 6.03 Å². The molecule has 0 bridgehead atoms. The number of rotatable bonds is 7. The quantitative estimate of drug-likeness (QED) is 0.739. The van der Waals surface area contributed by atoms with E-state index < -0.39 is 11.6 Å². The van der Waals surface area contributed by atoms with Gasteiger partial charge in [0.15, 0.2) is 0 Å². The van der Waals surface area contributed by atoms with Gasteiger partial charge in [0.05, 0.1) is 13.7 Å². The molecule has 3 amide bonds. The minimum atomic E-state index is -1.02. The highest BCUT2D eigenvalue weighted by molar-refractivity contribution is 6.30. The summed E-state index contributed by atoms with van der Waals surface area (Å²) in [6, 6.07) is 13.9. The van der Waals surface area contributed by atoms with Gasteiger partial charge in [0.25, 0.3) is 5.91 Å². The number of benzene rings is 2. The fourth-order valence-electron chi connectivity index (χ4n) is 3.09. The van der Waals surface area contributed by atoms with E-state index in [4.69, 9.17) is 21.1 Å². The number of methoxy groups -OCH3 is 1. The first-order valence-electron chi connectivity index (χ1n) is 8.57. The second-order valence-corrected chi connectivity index (χ2v) is 6.95. The number of amides is 3. The number of urea groups is 1. The van der Waals surface area contributed by atoms with Gasteiger partial charge in [-0.15, -0.1) is 0 Å². The van der Waals surface area contributed by atoms with Crippen LogP contribution in [0.25, 0.3) is 0 Å². The lowest BCUT2D eigenvalue weighted by Crippen LogP contribution is -2.46.